The number of fused-ring (bicyclic) bond motifs is 3. The maximum Gasteiger partial charge on any atom is 0.302 e. The van der Waals surface area contributed by atoms with Crippen molar-refractivity contribution in [3.63, 3.8) is 0 Å². The largest absolute Gasteiger partial charge is 0.493 e. The van der Waals surface area contributed by atoms with Gasteiger partial charge in [-0.05, 0) is 66.8 Å². The summed E-state index contributed by atoms with van der Waals surface area (Å²) in [5, 5.41) is 20.1. The molecule has 1 aliphatic carbocycles. The number of nitrogens with zero attached hydrogens (tertiary/aromatic N) is 4. The number of hydrogen-bond acceptors (Lipinski definition) is 5. The molecular weight excluding hydrogens is 520 g/mol. The van der Waals surface area contributed by atoms with E-state index in [9.17, 15) is 9.90 Å². The Balaban J connectivity index is 1.39. The monoisotopic (exact) mass is 552 g/mol. The van der Waals surface area contributed by atoms with Crippen LogP contribution in [0.15, 0.2) is 57.2 Å². The van der Waals surface area contributed by atoms with Gasteiger partial charge in [0.2, 0.25) is 5.88 Å². The lowest BCUT2D eigenvalue weighted by Crippen LogP contribution is -2.35. The number of aromatic nitrogens is 1. The fraction of sp³-hybridized carbons (Fsp3) is 0.464. The van der Waals surface area contributed by atoms with E-state index in [0.717, 1.165) is 33.9 Å². The maximum absolute atomic E-state index is 12.4. The molecule has 5 rings (SSSR count). The Morgan fingerprint density at radius 3 is 2.75 bits per heavy atom. The first-order valence-electron chi connectivity index (χ1n) is 12.4. The topological polar surface area (TPSA) is 79.4 Å². The van der Waals surface area contributed by atoms with Gasteiger partial charge >= 0.3 is 5.91 Å². The molecule has 0 unspecified atom stereocenters. The maximum atomic E-state index is 12.4. The number of aromatic hydroxyl groups is 1. The molecule has 36 heavy (non-hydrogen) atoms. The lowest BCUT2D eigenvalue weighted by molar-refractivity contribution is -0.120. The summed E-state index contributed by atoms with van der Waals surface area (Å²) >= 11 is 3.52. The van der Waals surface area contributed by atoms with Crippen LogP contribution in [0.5, 0.6) is 11.6 Å². The Kier molecular flexibility index (Phi) is 6.45. The third-order valence-corrected chi connectivity index (χ3v) is 8.02. The Bertz CT molecular complexity index is 1350. The van der Waals surface area contributed by atoms with Crippen molar-refractivity contribution in [2.24, 2.45) is 21.1 Å². The van der Waals surface area contributed by atoms with Gasteiger partial charge in [-0.1, -0.05) is 54.9 Å². The van der Waals surface area contributed by atoms with E-state index in [0.29, 0.717) is 35.0 Å². The minimum atomic E-state index is -0.517. The number of hydrogen-bond donors (Lipinski definition) is 1. The van der Waals surface area contributed by atoms with E-state index < -0.39 is 5.91 Å². The predicted molar refractivity (Wildman–Crippen MR) is 144 cm³/mol. The van der Waals surface area contributed by atoms with Crippen LogP contribution in [-0.2, 0) is 11.5 Å². The molecule has 2 bridgehead atoms. The molecule has 1 aromatic heterocycles. The van der Waals surface area contributed by atoms with Crippen LogP contribution in [0.3, 0.4) is 0 Å². The fourth-order valence-corrected chi connectivity index (χ4v) is 6.81. The molecule has 2 aromatic carbocycles. The fourth-order valence-electron chi connectivity index (χ4n) is 6.45. The van der Waals surface area contributed by atoms with E-state index in [-0.39, 0.29) is 12.5 Å². The number of likely N-dealkylation sites (tertiary alicyclic amines) is 1. The lowest BCUT2D eigenvalue weighted by atomic mass is 9.65. The van der Waals surface area contributed by atoms with Crippen LogP contribution in [0, 0.1) is 17.8 Å². The molecule has 0 spiro atoms. The molecule has 7 nitrogen and oxygen atoms in total. The molecule has 2 atom stereocenters. The normalized spacial score (nSPS) is 23.5. The number of azo groups is 1. The van der Waals surface area contributed by atoms with E-state index in [1.54, 1.807) is 0 Å². The van der Waals surface area contributed by atoms with Crippen molar-refractivity contribution >= 4 is 38.4 Å². The third kappa shape index (κ3) is 4.93. The Morgan fingerprint density at radius 1 is 1.19 bits per heavy atom. The number of para-hydroxylation sites is 1. The summed E-state index contributed by atoms with van der Waals surface area (Å²) in [5.41, 5.74) is 2.71. The van der Waals surface area contributed by atoms with E-state index in [2.05, 4.69) is 51.8 Å². The zero-order valence-electron chi connectivity index (χ0n) is 21.3. The second-order valence-corrected chi connectivity index (χ2v) is 12.4. The molecule has 1 amide bonds. The summed E-state index contributed by atoms with van der Waals surface area (Å²) in [5.74, 6) is 0.138. The molecule has 2 heterocycles. The van der Waals surface area contributed by atoms with E-state index in [4.69, 9.17) is 4.74 Å². The van der Waals surface area contributed by atoms with E-state index >= 15 is 0 Å². The first kappa shape index (κ1) is 25.0. The van der Waals surface area contributed by atoms with Crippen molar-refractivity contribution in [3.05, 3.63) is 52.5 Å². The number of benzene rings is 2. The standard InChI is InChI=1S/C28H33BrN4O3/c1-18-7-5-6-8-23(18)36-14-24(34)30-31-25-21-11-19(29)9-10-22(21)33(26(25)35)17-32-16-28(4)13-20(32)12-27(2,3)15-28/h5-11,20,35H,12-17H2,1-4H3/t20-,28+/m1/s1. The molecule has 1 saturated carbocycles. The zero-order chi connectivity index (χ0) is 25.7. The quantitative estimate of drug-likeness (QED) is 0.335. The minimum Gasteiger partial charge on any atom is -0.493 e. The van der Waals surface area contributed by atoms with Gasteiger partial charge in [0.05, 0.1) is 12.2 Å². The van der Waals surface area contributed by atoms with Crippen molar-refractivity contribution in [1.82, 2.24) is 9.47 Å². The highest BCUT2D eigenvalue weighted by Crippen LogP contribution is 2.53. The van der Waals surface area contributed by atoms with Crippen LogP contribution >= 0.6 is 15.9 Å². The SMILES string of the molecule is Cc1ccccc1OCC(=O)N=Nc1c(O)n(CN2C[C@@]3(C)C[C@H]2CC(C)(C)C3)c2ccc(Br)cc12. The molecule has 8 heteroatoms. The van der Waals surface area contributed by atoms with E-state index in [1.807, 2.05) is 54.0 Å². The van der Waals surface area contributed by atoms with Gasteiger partial charge < -0.3 is 9.84 Å². The number of carbonyl (C=O) groups excluding carboxylic acids is 1. The number of halogens is 1. The van der Waals surface area contributed by atoms with E-state index in [1.165, 1.54) is 12.8 Å². The van der Waals surface area contributed by atoms with Gasteiger partial charge in [-0.25, -0.2) is 0 Å². The summed E-state index contributed by atoms with van der Waals surface area (Å²) < 4.78 is 8.35. The second kappa shape index (κ2) is 9.30. The molecule has 3 aromatic rings. The van der Waals surface area contributed by atoms with Crippen LogP contribution in [-0.4, -0.2) is 39.7 Å². The Morgan fingerprint density at radius 2 is 1.97 bits per heavy atom. The minimum absolute atomic E-state index is 0.0188. The second-order valence-electron chi connectivity index (χ2n) is 11.5. The number of aryl methyl sites for hydroxylation is 1. The third-order valence-electron chi connectivity index (χ3n) is 7.52. The summed E-state index contributed by atoms with van der Waals surface area (Å²) in [7, 11) is 0. The molecule has 1 saturated heterocycles. The molecule has 2 fully saturated rings. The summed E-state index contributed by atoms with van der Waals surface area (Å²) in [6.45, 7) is 10.4. The molecule has 190 valence electrons. The van der Waals surface area contributed by atoms with Gasteiger partial charge in [-0.3, -0.25) is 14.3 Å². The molecule has 0 radical (unpaired) electrons. The first-order chi connectivity index (χ1) is 17.0. The highest BCUT2D eigenvalue weighted by molar-refractivity contribution is 9.10. The van der Waals surface area contributed by atoms with Crippen LogP contribution < -0.4 is 4.74 Å². The number of amides is 1. The van der Waals surface area contributed by atoms with Crippen molar-refractivity contribution < 1.29 is 14.6 Å². The molecular formula is C28H33BrN4O3. The van der Waals surface area contributed by atoms with Crippen LogP contribution in [0.2, 0.25) is 0 Å². The number of carbonyl (C=O) groups is 1. The van der Waals surface area contributed by atoms with Gasteiger partial charge in [0, 0.05) is 22.4 Å². The average Bonchev–Trinajstić information content (AvgIpc) is 3.19. The number of ether oxygens (including phenoxy) is 1. The van der Waals surface area contributed by atoms with Crippen molar-refractivity contribution in [1.29, 1.82) is 0 Å². The first-order valence-corrected chi connectivity index (χ1v) is 13.2. The summed E-state index contributed by atoms with van der Waals surface area (Å²) in [4.78, 5) is 14.9. The molecule has 2 aliphatic rings. The van der Waals surface area contributed by atoms with Crippen molar-refractivity contribution in [3.8, 4) is 11.6 Å². The Labute approximate surface area is 220 Å². The average molecular weight is 554 g/mol. The highest BCUT2D eigenvalue weighted by Gasteiger charge is 2.49. The van der Waals surface area contributed by atoms with Crippen molar-refractivity contribution in [2.45, 2.75) is 59.7 Å². The van der Waals surface area contributed by atoms with Gasteiger partial charge in [-0.15, -0.1) is 10.2 Å². The zero-order valence-corrected chi connectivity index (χ0v) is 22.9. The molecule has 1 aliphatic heterocycles. The van der Waals surface area contributed by atoms with Crippen LogP contribution in [0.25, 0.3) is 10.9 Å². The van der Waals surface area contributed by atoms with Gasteiger partial charge in [0.1, 0.15) is 5.75 Å². The number of rotatable bonds is 6. The predicted octanol–water partition coefficient (Wildman–Crippen LogP) is 6.97. The Hall–Kier alpha value is -2.71. The lowest BCUT2D eigenvalue weighted by Gasteiger charge is -2.40. The van der Waals surface area contributed by atoms with Crippen LogP contribution in [0.4, 0.5) is 5.69 Å². The summed E-state index contributed by atoms with van der Waals surface area (Å²) in [6, 6.07) is 13.8. The molecule has 1 N–H and O–H groups in total. The summed E-state index contributed by atoms with van der Waals surface area (Å²) in [6.07, 6.45) is 3.55. The van der Waals surface area contributed by atoms with Gasteiger partial charge in [-0.2, -0.15) is 0 Å². The van der Waals surface area contributed by atoms with Gasteiger partial charge in [0.15, 0.2) is 12.3 Å². The van der Waals surface area contributed by atoms with Gasteiger partial charge in [0.25, 0.3) is 0 Å². The van der Waals surface area contributed by atoms with Crippen molar-refractivity contribution in [2.75, 3.05) is 13.2 Å². The highest BCUT2D eigenvalue weighted by atomic mass is 79.9. The smallest absolute Gasteiger partial charge is 0.302 e. The van der Waals surface area contributed by atoms with Crippen LogP contribution in [0.1, 0.15) is 45.6 Å².